The van der Waals surface area contributed by atoms with E-state index >= 15 is 0 Å². The number of nitrogens with one attached hydrogen (secondary N) is 1. The van der Waals surface area contributed by atoms with E-state index in [1.54, 1.807) is 0 Å². The van der Waals surface area contributed by atoms with Gasteiger partial charge in [0.15, 0.2) is 0 Å². The fourth-order valence-electron chi connectivity index (χ4n) is 1.81. The topological polar surface area (TPSA) is 41.6 Å². The monoisotopic (exact) mass is 198 g/mol. The van der Waals surface area contributed by atoms with Crippen molar-refractivity contribution in [3.05, 3.63) is 0 Å². The van der Waals surface area contributed by atoms with Crippen LogP contribution in [0.3, 0.4) is 0 Å². The van der Waals surface area contributed by atoms with Gasteiger partial charge in [-0.2, -0.15) is 0 Å². The molecule has 1 amide bonds. The van der Waals surface area contributed by atoms with Crippen molar-refractivity contribution in [1.82, 2.24) is 10.2 Å². The van der Waals surface area contributed by atoms with E-state index in [1.165, 1.54) is 0 Å². The Labute approximate surface area is 84.6 Å². The summed E-state index contributed by atoms with van der Waals surface area (Å²) in [5.41, 5.74) is 0. The number of piperidine rings is 1. The summed E-state index contributed by atoms with van der Waals surface area (Å²) < 4.78 is 5.57. The lowest BCUT2D eigenvalue weighted by Crippen LogP contribution is -2.45. The zero-order chi connectivity index (χ0) is 9.80. The maximum absolute atomic E-state index is 11.5. The molecule has 2 saturated heterocycles. The van der Waals surface area contributed by atoms with Crippen LogP contribution in [-0.4, -0.2) is 49.7 Å². The van der Waals surface area contributed by atoms with Gasteiger partial charge < -0.3 is 15.0 Å². The molecule has 0 bridgehead atoms. The Balaban J connectivity index is 1.62. The first kappa shape index (κ1) is 9.93. The number of hydrogen-bond acceptors (Lipinski definition) is 3. The van der Waals surface area contributed by atoms with Crippen molar-refractivity contribution in [1.29, 1.82) is 0 Å². The summed E-state index contributed by atoms with van der Waals surface area (Å²) in [7, 11) is 0. The summed E-state index contributed by atoms with van der Waals surface area (Å²) in [6, 6.07) is 0. The van der Waals surface area contributed by atoms with E-state index in [-0.39, 0.29) is 12.5 Å². The second kappa shape index (κ2) is 4.75. The molecule has 2 aliphatic heterocycles. The van der Waals surface area contributed by atoms with E-state index in [1.807, 2.05) is 4.90 Å². The third-order valence-electron chi connectivity index (χ3n) is 2.94. The molecule has 0 aromatic heterocycles. The highest BCUT2D eigenvalue weighted by molar-refractivity contribution is 5.78. The van der Waals surface area contributed by atoms with Gasteiger partial charge in [0.2, 0.25) is 5.91 Å². The van der Waals surface area contributed by atoms with Gasteiger partial charge >= 0.3 is 0 Å². The van der Waals surface area contributed by atoms with Gasteiger partial charge in [0.25, 0.3) is 0 Å². The summed E-state index contributed by atoms with van der Waals surface area (Å²) in [5.74, 6) is 0.162. The van der Waals surface area contributed by atoms with Crippen LogP contribution in [0.4, 0.5) is 0 Å². The van der Waals surface area contributed by atoms with Gasteiger partial charge in [-0.05, 0) is 32.4 Å². The molecule has 0 saturated carbocycles. The maximum Gasteiger partial charge on any atom is 0.248 e. The minimum absolute atomic E-state index is 0.162. The Hall–Kier alpha value is -0.610. The van der Waals surface area contributed by atoms with Crippen LogP contribution in [-0.2, 0) is 9.53 Å². The van der Waals surface area contributed by atoms with Crippen LogP contribution in [0.1, 0.15) is 19.3 Å². The molecule has 80 valence electrons. The van der Waals surface area contributed by atoms with Crippen molar-refractivity contribution in [3.63, 3.8) is 0 Å². The van der Waals surface area contributed by atoms with Crippen molar-refractivity contribution in [2.45, 2.75) is 25.4 Å². The fourth-order valence-corrected chi connectivity index (χ4v) is 1.81. The van der Waals surface area contributed by atoms with Gasteiger partial charge in [-0.15, -0.1) is 0 Å². The summed E-state index contributed by atoms with van der Waals surface area (Å²) in [6.45, 7) is 4.17. The molecule has 0 atom stereocenters. The van der Waals surface area contributed by atoms with Crippen molar-refractivity contribution in [3.8, 4) is 0 Å². The van der Waals surface area contributed by atoms with E-state index in [4.69, 9.17) is 4.74 Å². The number of nitrogens with zero attached hydrogens (tertiary/aromatic N) is 1. The lowest BCUT2D eigenvalue weighted by molar-refractivity contribution is -0.142. The summed E-state index contributed by atoms with van der Waals surface area (Å²) in [4.78, 5) is 13.3. The molecule has 1 N–H and O–H groups in total. The van der Waals surface area contributed by atoms with Crippen molar-refractivity contribution in [2.75, 3.05) is 32.8 Å². The van der Waals surface area contributed by atoms with Crippen molar-refractivity contribution in [2.24, 2.45) is 0 Å². The smallest absolute Gasteiger partial charge is 0.248 e. The quantitative estimate of drug-likeness (QED) is 0.693. The van der Waals surface area contributed by atoms with Crippen LogP contribution in [0.2, 0.25) is 0 Å². The molecule has 2 heterocycles. The highest BCUT2D eigenvalue weighted by atomic mass is 16.5. The number of carbonyl (C=O) groups is 1. The number of hydrogen-bond donors (Lipinski definition) is 1. The number of amides is 1. The number of likely N-dealkylation sites (tertiary alicyclic amines) is 1. The van der Waals surface area contributed by atoms with Crippen LogP contribution < -0.4 is 5.32 Å². The molecule has 0 unspecified atom stereocenters. The number of carbonyl (C=O) groups excluding carboxylic acids is 1. The normalized spacial score (nSPS) is 23.3. The molecular formula is C10H18N2O2. The van der Waals surface area contributed by atoms with E-state index in [0.717, 1.165) is 45.4 Å². The fraction of sp³-hybridized carbons (Fsp3) is 0.900. The predicted molar refractivity (Wildman–Crippen MR) is 53.0 cm³/mol. The zero-order valence-corrected chi connectivity index (χ0v) is 8.50. The molecule has 4 nitrogen and oxygen atoms in total. The van der Waals surface area contributed by atoms with Gasteiger partial charge in [-0.3, -0.25) is 4.79 Å². The van der Waals surface area contributed by atoms with Crippen molar-refractivity contribution >= 4 is 5.91 Å². The Bertz CT molecular complexity index is 198. The van der Waals surface area contributed by atoms with Gasteiger partial charge in [0, 0.05) is 13.1 Å². The molecule has 0 radical (unpaired) electrons. The van der Waals surface area contributed by atoms with Gasteiger partial charge in [0.1, 0.15) is 6.61 Å². The highest BCUT2D eigenvalue weighted by Crippen LogP contribution is 2.10. The standard InChI is InChI=1S/C10H18N2O2/c13-10(12-6-1-7-12)8-14-9-2-4-11-5-3-9/h9,11H,1-8H2. The second-order valence-corrected chi connectivity index (χ2v) is 3.99. The Kier molecular flexibility index (Phi) is 3.37. The Morgan fingerprint density at radius 3 is 2.64 bits per heavy atom. The number of ether oxygens (including phenoxy) is 1. The van der Waals surface area contributed by atoms with Crippen LogP contribution in [0, 0.1) is 0 Å². The van der Waals surface area contributed by atoms with E-state index < -0.39 is 0 Å². The average molecular weight is 198 g/mol. The molecule has 4 heteroatoms. The summed E-state index contributed by atoms with van der Waals surface area (Å²) in [6.07, 6.45) is 3.51. The van der Waals surface area contributed by atoms with Gasteiger partial charge in [0.05, 0.1) is 6.10 Å². The number of rotatable bonds is 3. The van der Waals surface area contributed by atoms with Crippen LogP contribution in [0.25, 0.3) is 0 Å². The lowest BCUT2D eigenvalue weighted by Gasteiger charge is -2.31. The molecule has 2 rings (SSSR count). The SMILES string of the molecule is O=C(COC1CCNCC1)N1CCC1. The molecule has 0 aliphatic carbocycles. The molecule has 2 fully saturated rings. The van der Waals surface area contributed by atoms with Crippen LogP contribution in [0.15, 0.2) is 0 Å². The van der Waals surface area contributed by atoms with Gasteiger partial charge in [-0.1, -0.05) is 0 Å². The molecule has 2 aliphatic rings. The average Bonchev–Trinajstić information content (AvgIpc) is 2.14. The predicted octanol–water partition coefficient (Wildman–Crippen LogP) is -0.0127. The Morgan fingerprint density at radius 1 is 1.36 bits per heavy atom. The molecule has 0 aromatic rings. The summed E-state index contributed by atoms with van der Waals surface area (Å²) in [5, 5.41) is 3.27. The van der Waals surface area contributed by atoms with E-state index in [9.17, 15) is 4.79 Å². The third-order valence-corrected chi connectivity index (χ3v) is 2.94. The zero-order valence-electron chi connectivity index (χ0n) is 8.50. The molecular weight excluding hydrogens is 180 g/mol. The van der Waals surface area contributed by atoms with E-state index in [2.05, 4.69) is 5.32 Å². The molecule has 0 aromatic carbocycles. The summed E-state index contributed by atoms with van der Waals surface area (Å²) >= 11 is 0. The largest absolute Gasteiger partial charge is 0.368 e. The minimum Gasteiger partial charge on any atom is -0.368 e. The lowest BCUT2D eigenvalue weighted by atomic mass is 10.1. The van der Waals surface area contributed by atoms with Crippen molar-refractivity contribution < 1.29 is 9.53 Å². The highest BCUT2D eigenvalue weighted by Gasteiger charge is 2.21. The second-order valence-electron chi connectivity index (χ2n) is 3.99. The first-order valence-electron chi connectivity index (χ1n) is 5.46. The maximum atomic E-state index is 11.5. The first-order valence-corrected chi connectivity index (χ1v) is 5.46. The van der Waals surface area contributed by atoms with Crippen LogP contribution >= 0.6 is 0 Å². The third kappa shape index (κ3) is 2.45. The molecule has 0 spiro atoms. The van der Waals surface area contributed by atoms with Crippen LogP contribution in [0.5, 0.6) is 0 Å². The van der Waals surface area contributed by atoms with E-state index in [0.29, 0.717) is 6.10 Å². The minimum atomic E-state index is 0.162. The first-order chi connectivity index (χ1) is 6.86. The Morgan fingerprint density at radius 2 is 2.07 bits per heavy atom. The van der Waals surface area contributed by atoms with Gasteiger partial charge in [-0.25, -0.2) is 0 Å². The molecule has 14 heavy (non-hydrogen) atoms.